The lowest BCUT2D eigenvalue weighted by atomic mass is 9.93. The van der Waals surface area contributed by atoms with Crippen molar-refractivity contribution in [2.45, 2.75) is 27.7 Å². The molecule has 0 saturated heterocycles. The third-order valence-corrected chi connectivity index (χ3v) is 4.14. The maximum atomic E-state index is 2.33. The van der Waals surface area contributed by atoms with Gasteiger partial charge in [-0.25, -0.2) is 0 Å². The summed E-state index contributed by atoms with van der Waals surface area (Å²) >= 11 is 0. The molecule has 3 aromatic carbocycles. The molecule has 0 heteroatoms. The molecule has 3 rings (SSSR count). The number of hydrogen-bond acceptors (Lipinski definition) is 0. The van der Waals surface area contributed by atoms with Gasteiger partial charge in [-0.1, -0.05) is 42.0 Å². The van der Waals surface area contributed by atoms with Gasteiger partial charge in [-0.3, -0.25) is 0 Å². The van der Waals surface area contributed by atoms with Crippen molar-refractivity contribution in [3.8, 4) is 0 Å². The van der Waals surface area contributed by atoms with Crippen molar-refractivity contribution >= 4 is 21.5 Å². The molecular weight excluding hydrogens is 216 g/mol. The van der Waals surface area contributed by atoms with Gasteiger partial charge >= 0.3 is 0 Å². The Bertz CT molecular complexity index is 764. The minimum absolute atomic E-state index is 1.32. The van der Waals surface area contributed by atoms with Crippen LogP contribution < -0.4 is 0 Å². The first-order valence-electron chi connectivity index (χ1n) is 6.48. The summed E-state index contributed by atoms with van der Waals surface area (Å²) in [5.41, 5.74) is 5.52. The minimum Gasteiger partial charge on any atom is -0.0587 e. The van der Waals surface area contributed by atoms with Crippen LogP contribution >= 0.6 is 0 Å². The Kier molecular flexibility index (Phi) is 2.41. The van der Waals surface area contributed by atoms with Crippen LogP contribution in [-0.2, 0) is 0 Å². The first-order chi connectivity index (χ1) is 8.58. The second-order valence-electron chi connectivity index (χ2n) is 5.33. The van der Waals surface area contributed by atoms with Crippen LogP contribution in [0.4, 0.5) is 0 Å². The van der Waals surface area contributed by atoms with E-state index >= 15 is 0 Å². The Balaban J connectivity index is 2.55. The molecule has 0 aliphatic heterocycles. The van der Waals surface area contributed by atoms with E-state index in [0.717, 1.165) is 0 Å². The fourth-order valence-corrected chi connectivity index (χ4v) is 2.78. The van der Waals surface area contributed by atoms with Crippen molar-refractivity contribution in [1.29, 1.82) is 0 Å². The fourth-order valence-electron chi connectivity index (χ4n) is 2.78. The number of hydrogen-bond donors (Lipinski definition) is 0. The maximum absolute atomic E-state index is 2.33. The molecule has 3 aromatic rings. The maximum Gasteiger partial charge on any atom is -0.00999 e. The summed E-state index contributed by atoms with van der Waals surface area (Å²) in [5, 5.41) is 5.47. The van der Waals surface area contributed by atoms with Crippen molar-refractivity contribution in [2.75, 3.05) is 0 Å². The summed E-state index contributed by atoms with van der Waals surface area (Å²) in [5.74, 6) is 0. The van der Waals surface area contributed by atoms with Gasteiger partial charge in [-0.15, -0.1) is 0 Å². The van der Waals surface area contributed by atoms with E-state index in [4.69, 9.17) is 0 Å². The molecule has 0 aromatic heterocycles. The number of aryl methyl sites for hydroxylation is 3. The zero-order chi connectivity index (χ0) is 12.9. The first-order valence-corrected chi connectivity index (χ1v) is 6.48. The van der Waals surface area contributed by atoms with Crippen LogP contribution in [0.15, 0.2) is 36.4 Å². The summed E-state index contributed by atoms with van der Waals surface area (Å²) < 4.78 is 0. The highest BCUT2D eigenvalue weighted by atomic mass is 14.1. The molecule has 0 nitrogen and oxygen atoms in total. The third kappa shape index (κ3) is 1.53. The molecule has 0 saturated carbocycles. The van der Waals surface area contributed by atoms with Crippen molar-refractivity contribution in [1.82, 2.24) is 0 Å². The molecule has 0 spiro atoms. The SMILES string of the molecule is Cc1ccc2c(ccc3c(C)c(C)c(C)cc32)c1. The van der Waals surface area contributed by atoms with Gasteiger partial charge in [0.05, 0.1) is 0 Å². The van der Waals surface area contributed by atoms with E-state index in [-0.39, 0.29) is 0 Å². The highest BCUT2D eigenvalue weighted by molar-refractivity contribution is 6.09. The average molecular weight is 234 g/mol. The smallest absolute Gasteiger partial charge is 0.00999 e. The topological polar surface area (TPSA) is 0 Å². The first kappa shape index (κ1) is 11.3. The number of fused-ring (bicyclic) bond motifs is 3. The molecule has 18 heavy (non-hydrogen) atoms. The standard InChI is InChI=1S/C18H18/c1-11-5-7-17-15(9-11)6-8-16-14(4)13(3)12(2)10-18(16)17/h5-10H,1-4H3. The minimum atomic E-state index is 1.32. The van der Waals surface area contributed by atoms with E-state index in [0.29, 0.717) is 0 Å². The predicted molar refractivity (Wildman–Crippen MR) is 80.4 cm³/mol. The highest BCUT2D eigenvalue weighted by Crippen LogP contribution is 2.31. The molecule has 0 heterocycles. The summed E-state index contributed by atoms with van der Waals surface area (Å²) in [6.45, 7) is 8.79. The second-order valence-corrected chi connectivity index (χ2v) is 5.33. The fraction of sp³-hybridized carbons (Fsp3) is 0.222. The van der Waals surface area contributed by atoms with Gasteiger partial charge < -0.3 is 0 Å². The van der Waals surface area contributed by atoms with Crippen molar-refractivity contribution in [3.05, 3.63) is 58.7 Å². The lowest BCUT2D eigenvalue weighted by molar-refractivity contribution is 1.30. The number of benzene rings is 3. The van der Waals surface area contributed by atoms with Gasteiger partial charge in [0.25, 0.3) is 0 Å². The molecular formula is C18H18. The quantitative estimate of drug-likeness (QED) is 0.467. The predicted octanol–water partition coefficient (Wildman–Crippen LogP) is 5.23. The Hall–Kier alpha value is -1.82. The molecule has 0 amide bonds. The molecule has 0 bridgehead atoms. The van der Waals surface area contributed by atoms with Gasteiger partial charge in [0.15, 0.2) is 0 Å². The van der Waals surface area contributed by atoms with Crippen LogP contribution in [0.3, 0.4) is 0 Å². The molecule has 0 atom stereocenters. The van der Waals surface area contributed by atoms with E-state index in [1.54, 1.807) is 0 Å². The van der Waals surface area contributed by atoms with E-state index in [1.165, 1.54) is 43.8 Å². The third-order valence-electron chi connectivity index (χ3n) is 4.14. The van der Waals surface area contributed by atoms with E-state index < -0.39 is 0 Å². The molecule has 90 valence electrons. The Morgan fingerprint density at radius 3 is 2.11 bits per heavy atom. The van der Waals surface area contributed by atoms with Crippen LogP contribution in [-0.4, -0.2) is 0 Å². The van der Waals surface area contributed by atoms with Crippen LogP contribution in [0, 0.1) is 27.7 Å². The summed E-state index contributed by atoms with van der Waals surface area (Å²) in [6, 6.07) is 13.5. The van der Waals surface area contributed by atoms with Gasteiger partial charge in [0.1, 0.15) is 0 Å². The zero-order valence-electron chi connectivity index (χ0n) is 11.5. The Morgan fingerprint density at radius 2 is 1.33 bits per heavy atom. The zero-order valence-corrected chi connectivity index (χ0v) is 11.5. The van der Waals surface area contributed by atoms with Gasteiger partial charge in [-0.2, -0.15) is 0 Å². The summed E-state index contributed by atoms with van der Waals surface area (Å²) in [6.07, 6.45) is 0. The molecule has 0 radical (unpaired) electrons. The van der Waals surface area contributed by atoms with E-state index in [9.17, 15) is 0 Å². The van der Waals surface area contributed by atoms with Gasteiger partial charge in [-0.05, 0) is 65.9 Å². The van der Waals surface area contributed by atoms with Gasteiger partial charge in [0.2, 0.25) is 0 Å². The molecule has 0 aliphatic carbocycles. The molecule has 0 aliphatic rings. The molecule has 0 fully saturated rings. The summed E-state index contributed by atoms with van der Waals surface area (Å²) in [7, 11) is 0. The summed E-state index contributed by atoms with van der Waals surface area (Å²) in [4.78, 5) is 0. The van der Waals surface area contributed by atoms with Crippen LogP contribution in [0.25, 0.3) is 21.5 Å². The van der Waals surface area contributed by atoms with E-state index in [2.05, 4.69) is 64.1 Å². The van der Waals surface area contributed by atoms with Crippen molar-refractivity contribution in [2.24, 2.45) is 0 Å². The van der Waals surface area contributed by atoms with Crippen LogP contribution in [0.5, 0.6) is 0 Å². The second kappa shape index (κ2) is 3.84. The normalized spacial score (nSPS) is 11.3. The average Bonchev–Trinajstić information content (AvgIpc) is 2.35. The van der Waals surface area contributed by atoms with E-state index in [1.807, 2.05) is 0 Å². The molecule has 0 N–H and O–H groups in total. The van der Waals surface area contributed by atoms with Crippen molar-refractivity contribution < 1.29 is 0 Å². The Morgan fingerprint density at radius 1 is 0.611 bits per heavy atom. The highest BCUT2D eigenvalue weighted by Gasteiger charge is 2.07. The lowest BCUT2D eigenvalue weighted by Crippen LogP contribution is -1.90. The monoisotopic (exact) mass is 234 g/mol. The van der Waals surface area contributed by atoms with Gasteiger partial charge in [0, 0.05) is 0 Å². The van der Waals surface area contributed by atoms with Crippen LogP contribution in [0.1, 0.15) is 22.3 Å². The van der Waals surface area contributed by atoms with Crippen LogP contribution in [0.2, 0.25) is 0 Å². The number of rotatable bonds is 0. The lowest BCUT2D eigenvalue weighted by Gasteiger charge is -2.12. The van der Waals surface area contributed by atoms with Crippen molar-refractivity contribution in [3.63, 3.8) is 0 Å². The molecule has 0 unspecified atom stereocenters. The largest absolute Gasteiger partial charge is 0.0587 e. The Labute approximate surface area is 108 Å².